The van der Waals surface area contributed by atoms with E-state index in [0.717, 1.165) is 5.56 Å². The van der Waals surface area contributed by atoms with Crippen molar-refractivity contribution in [3.63, 3.8) is 0 Å². The summed E-state index contributed by atoms with van der Waals surface area (Å²) in [5.41, 5.74) is 0.881. The molecule has 2 N–H and O–H groups in total. The van der Waals surface area contributed by atoms with Gasteiger partial charge in [-0.3, -0.25) is 4.79 Å². The summed E-state index contributed by atoms with van der Waals surface area (Å²) in [5, 5.41) is 12.4. The Kier molecular flexibility index (Phi) is 6.30. The fourth-order valence-electron chi connectivity index (χ4n) is 1.71. The number of benzene rings is 1. The van der Waals surface area contributed by atoms with Gasteiger partial charge in [0.25, 0.3) is 0 Å². The number of carbonyl (C=O) groups is 2. The van der Waals surface area contributed by atoms with Crippen molar-refractivity contribution in [3.05, 3.63) is 33.8 Å². The molecule has 0 saturated heterocycles. The minimum absolute atomic E-state index is 0.165. The number of hydrogen-bond acceptors (Lipinski definition) is 2. The molecule has 0 aliphatic heterocycles. The minimum atomic E-state index is -1.03. The minimum Gasteiger partial charge on any atom is -0.480 e. The Hall–Kier alpha value is -1.26. The van der Waals surface area contributed by atoms with Crippen molar-refractivity contribution in [1.82, 2.24) is 5.32 Å². The maximum Gasteiger partial charge on any atom is 0.326 e. The van der Waals surface area contributed by atoms with Gasteiger partial charge in [-0.25, -0.2) is 4.79 Å². The van der Waals surface area contributed by atoms with E-state index in [4.69, 9.17) is 28.3 Å². The van der Waals surface area contributed by atoms with Crippen molar-refractivity contribution >= 4 is 35.1 Å². The van der Waals surface area contributed by atoms with E-state index in [-0.39, 0.29) is 18.2 Å². The molecule has 110 valence electrons. The fraction of sp³-hybridized carbons (Fsp3) is 0.429. The molecule has 0 spiro atoms. The van der Waals surface area contributed by atoms with E-state index in [2.05, 4.69) is 5.32 Å². The highest BCUT2D eigenvalue weighted by molar-refractivity contribution is 6.42. The Bertz CT molecular complexity index is 503. The van der Waals surface area contributed by atoms with Gasteiger partial charge in [0.05, 0.1) is 10.0 Å². The highest BCUT2D eigenvalue weighted by Crippen LogP contribution is 2.23. The van der Waals surface area contributed by atoms with Gasteiger partial charge in [0.15, 0.2) is 0 Å². The van der Waals surface area contributed by atoms with Gasteiger partial charge in [-0.05, 0) is 30.0 Å². The Morgan fingerprint density at radius 2 is 1.90 bits per heavy atom. The number of amides is 1. The number of rotatable bonds is 6. The fourth-order valence-corrected chi connectivity index (χ4v) is 2.03. The molecular weight excluding hydrogens is 301 g/mol. The van der Waals surface area contributed by atoms with Gasteiger partial charge in [0.1, 0.15) is 6.04 Å². The molecule has 6 heteroatoms. The Morgan fingerprint density at radius 1 is 1.25 bits per heavy atom. The molecule has 0 aromatic heterocycles. The smallest absolute Gasteiger partial charge is 0.326 e. The van der Waals surface area contributed by atoms with Crippen molar-refractivity contribution in [1.29, 1.82) is 0 Å². The lowest BCUT2D eigenvalue weighted by Crippen LogP contribution is -2.44. The highest BCUT2D eigenvalue weighted by Gasteiger charge is 2.23. The molecule has 1 aromatic carbocycles. The molecule has 0 unspecified atom stereocenters. The van der Waals surface area contributed by atoms with Gasteiger partial charge in [0.2, 0.25) is 5.91 Å². The summed E-state index contributed by atoms with van der Waals surface area (Å²) in [6.07, 6.45) is 0.682. The third-order valence-corrected chi connectivity index (χ3v) is 3.61. The van der Waals surface area contributed by atoms with E-state index in [1.54, 1.807) is 32.0 Å². The molecule has 0 bridgehead atoms. The second-order valence-electron chi connectivity index (χ2n) is 4.88. The van der Waals surface area contributed by atoms with Crippen LogP contribution in [0.2, 0.25) is 10.0 Å². The average molecular weight is 318 g/mol. The Morgan fingerprint density at radius 3 is 2.40 bits per heavy atom. The van der Waals surface area contributed by atoms with Gasteiger partial charge < -0.3 is 10.4 Å². The number of halogens is 2. The molecule has 0 fully saturated rings. The lowest BCUT2D eigenvalue weighted by atomic mass is 10.0. The number of aliphatic carboxylic acids is 1. The molecule has 1 amide bonds. The average Bonchev–Trinajstić information content (AvgIpc) is 2.36. The molecule has 0 radical (unpaired) electrons. The molecule has 1 rings (SSSR count). The number of nitrogens with one attached hydrogen (secondary N) is 1. The topological polar surface area (TPSA) is 66.4 Å². The first-order valence-electron chi connectivity index (χ1n) is 6.27. The number of carboxylic acids is 1. The van der Waals surface area contributed by atoms with Crippen LogP contribution in [0.25, 0.3) is 0 Å². The van der Waals surface area contributed by atoms with Crippen LogP contribution in [0.3, 0.4) is 0 Å². The molecular formula is C14H17Cl2NO3. The van der Waals surface area contributed by atoms with Gasteiger partial charge in [-0.2, -0.15) is 0 Å². The summed E-state index contributed by atoms with van der Waals surface area (Å²) < 4.78 is 0. The normalized spacial score (nSPS) is 12.2. The summed E-state index contributed by atoms with van der Waals surface area (Å²) in [6.45, 7) is 3.50. The molecule has 20 heavy (non-hydrogen) atoms. The highest BCUT2D eigenvalue weighted by atomic mass is 35.5. The zero-order valence-electron chi connectivity index (χ0n) is 11.3. The zero-order chi connectivity index (χ0) is 15.3. The lowest BCUT2D eigenvalue weighted by molar-refractivity contribution is -0.143. The van der Waals surface area contributed by atoms with Crippen LogP contribution in [0.15, 0.2) is 18.2 Å². The van der Waals surface area contributed by atoms with E-state index in [0.29, 0.717) is 16.5 Å². The largest absolute Gasteiger partial charge is 0.480 e. The number of carbonyl (C=O) groups excluding carboxylic acids is 1. The predicted molar refractivity (Wildman–Crippen MR) is 79.2 cm³/mol. The lowest BCUT2D eigenvalue weighted by Gasteiger charge is -2.17. The first-order chi connectivity index (χ1) is 9.31. The molecule has 1 aromatic rings. The van der Waals surface area contributed by atoms with Crippen LogP contribution in [0.1, 0.15) is 25.8 Å². The van der Waals surface area contributed by atoms with Crippen molar-refractivity contribution in [2.75, 3.05) is 0 Å². The monoisotopic (exact) mass is 317 g/mol. The van der Waals surface area contributed by atoms with Crippen LogP contribution >= 0.6 is 23.2 Å². The Balaban J connectivity index is 2.54. The van der Waals surface area contributed by atoms with Gasteiger partial charge in [-0.15, -0.1) is 0 Å². The summed E-state index contributed by atoms with van der Waals surface area (Å²) in [7, 11) is 0. The predicted octanol–water partition coefficient (Wildman–Crippen LogP) is 3.15. The van der Waals surface area contributed by atoms with Gasteiger partial charge in [-0.1, -0.05) is 43.1 Å². The van der Waals surface area contributed by atoms with E-state index in [1.807, 2.05) is 0 Å². The van der Waals surface area contributed by atoms with Crippen molar-refractivity contribution in [2.45, 2.75) is 32.7 Å². The summed E-state index contributed by atoms with van der Waals surface area (Å²) in [5.74, 6) is -1.48. The van der Waals surface area contributed by atoms with Gasteiger partial charge in [0, 0.05) is 6.42 Å². The molecule has 0 heterocycles. The van der Waals surface area contributed by atoms with Crippen molar-refractivity contribution < 1.29 is 14.7 Å². The number of hydrogen-bond donors (Lipinski definition) is 2. The number of carboxylic acid groups (broad SMARTS) is 1. The third kappa shape index (κ3) is 5.02. The van der Waals surface area contributed by atoms with E-state index in [1.165, 1.54) is 0 Å². The molecule has 0 saturated carbocycles. The maximum atomic E-state index is 11.8. The third-order valence-electron chi connectivity index (χ3n) is 2.87. The van der Waals surface area contributed by atoms with Crippen LogP contribution < -0.4 is 5.32 Å². The van der Waals surface area contributed by atoms with Crippen LogP contribution in [-0.2, 0) is 16.0 Å². The Labute approximate surface area is 128 Å². The van der Waals surface area contributed by atoms with Crippen molar-refractivity contribution in [2.24, 2.45) is 5.92 Å². The number of aryl methyl sites for hydroxylation is 1. The molecule has 0 aliphatic carbocycles. The van der Waals surface area contributed by atoms with Crippen LogP contribution in [-0.4, -0.2) is 23.0 Å². The van der Waals surface area contributed by atoms with E-state index in [9.17, 15) is 9.59 Å². The second kappa shape index (κ2) is 7.50. The van der Waals surface area contributed by atoms with Crippen LogP contribution in [0.4, 0.5) is 0 Å². The quantitative estimate of drug-likeness (QED) is 0.847. The van der Waals surface area contributed by atoms with Crippen molar-refractivity contribution in [3.8, 4) is 0 Å². The van der Waals surface area contributed by atoms with E-state index < -0.39 is 12.0 Å². The zero-order valence-corrected chi connectivity index (χ0v) is 12.8. The maximum absolute atomic E-state index is 11.8. The van der Waals surface area contributed by atoms with Crippen LogP contribution in [0.5, 0.6) is 0 Å². The summed E-state index contributed by atoms with van der Waals surface area (Å²) >= 11 is 11.7. The standard InChI is InChI=1S/C14H17Cl2NO3/c1-8(2)13(14(19)20)17-12(18)6-4-9-3-5-10(15)11(16)7-9/h3,5,7-8,13H,4,6H2,1-2H3,(H,17,18)(H,19,20)/t13-/m0/s1. The second-order valence-corrected chi connectivity index (χ2v) is 5.69. The van der Waals surface area contributed by atoms with Gasteiger partial charge >= 0.3 is 5.97 Å². The molecule has 1 atom stereocenters. The van der Waals surface area contributed by atoms with Crippen LogP contribution in [0, 0.1) is 5.92 Å². The summed E-state index contributed by atoms with van der Waals surface area (Å²) in [6, 6.07) is 4.30. The molecule has 4 nitrogen and oxygen atoms in total. The first kappa shape index (κ1) is 16.8. The summed E-state index contributed by atoms with van der Waals surface area (Å²) in [4.78, 5) is 22.7. The van der Waals surface area contributed by atoms with E-state index >= 15 is 0 Å². The molecule has 0 aliphatic rings. The first-order valence-corrected chi connectivity index (χ1v) is 7.03. The SMILES string of the molecule is CC(C)[C@H](NC(=O)CCc1ccc(Cl)c(Cl)c1)C(=O)O.